The Morgan fingerprint density at radius 2 is 1.71 bits per heavy atom. The van der Waals surface area contributed by atoms with Crippen LogP contribution in [-0.2, 0) is 9.59 Å². The van der Waals surface area contributed by atoms with Crippen molar-refractivity contribution in [2.45, 2.75) is 20.3 Å². The molecule has 0 saturated carbocycles. The zero-order valence-corrected chi connectivity index (χ0v) is 13.7. The van der Waals surface area contributed by atoms with Crippen LogP contribution in [0.15, 0.2) is 54.6 Å². The summed E-state index contributed by atoms with van der Waals surface area (Å²) in [5.41, 5.74) is 2.76. The molecule has 0 fully saturated rings. The predicted molar refractivity (Wildman–Crippen MR) is 93.0 cm³/mol. The number of rotatable bonds is 2. The van der Waals surface area contributed by atoms with Crippen molar-refractivity contribution >= 4 is 17.1 Å². The van der Waals surface area contributed by atoms with Gasteiger partial charge < -0.3 is 0 Å². The number of allylic oxidation sites excluding steroid dienone is 2. The average Bonchev–Trinajstić information content (AvgIpc) is 2.58. The smallest absolute Gasteiger partial charge is 0.169 e. The summed E-state index contributed by atoms with van der Waals surface area (Å²) in [5.74, 6) is -0.0545. The molecule has 0 amide bonds. The molecule has 1 aliphatic carbocycles. The fourth-order valence-electron chi connectivity index (χ4n) is 3.08. The van der Waals surface area contributed by atoms with Gasteiger partial charge in [0.25, 0.3) is 0 Å². The predicted octanol–water partition coefficient (Wildman–Crippen LogP) is 4.18. The van der Waals surface area contributed by atoms with Crippen molar-refractivity contribution in [3.05, 3.63) is 65.7 Å². The van der Waals surface area contributed by atoms with Gasteiger partial charge in [-0.2, -0.15) is 5.26 Å². The molecule has 2 aromatic carbocycles. The first kappa shape index (κ1) is 15.9. The largest absolute Gasteiger partial charge is 0.295 e. The molecule has 0 aromatic heterocycles. The number of hydrogen-bond donors (Lipinski definition) is 0. The Balaban J connectivity index is 2.19. The van der Waals surface area contributed by atoms with Gasteiger partial charge in [0.05, 0.1) is 11.6 Å². The number of hydrogen-bond acceptors (Lipinski definition) is 3. The van der Waals surface area contributed by atoms with Crippen molar-refractivity contribution in [1.82, 2.24) is 0 Å². The topological polar surface area (TPSA) is 57.9 Å². The molecule has 0 spiro atoms. The molecular formula is C21H17NO2. The third kappa shape index (κ3) is 2.79. The molecule has 24 heavy (non-hydrogen) atoms. The maximum Gasteiger partial charge on any atom is 0.169 e. The second-order valence-corrected chi connectivity index (χ2v) is 6.65. The van der Waals surface area contributed by atoms with E-state index in [1.807, 2.05) is 36.4 Å². The number of nitrogens with zero attached hydrogens (tertiary/aromatic N) is 1. The molecule has 0 saturated heterocycles. The molecule has 3 nitrogen and oxygen atoms in total. The van der Waals surface area contributed by atoms with Crippen LogP contribution in [0.5, 0.6) is 0 Å². The summed E-state index contributed by atoms with van der Waals surface area (Å²) < 4.78 is 0. The Hall–Kier alpha value is -2.99. The van der Waals surface area contributed by atoms with Gasteiger partial charge >= 0.3 is 0 Å². The van der Waals surface area contributed by atoms with E-state index in [1.54, 1.807) is 26.0 Å². The molecule has 0 heterocycles. The third-order valence-electron chi connectivity index (χ3n) is 4.30. The fraction of sp³-hybridized carbons (Fsp3) is 0.190. The molecule has 3 rings (SSSR count). The molecule has 0 bridgehead atoms. The van der Waals surface area contributed by atoms with Crippen molar-refractivity contribution in [3.8, 4) is 17.2 Å². The Labute approximate surface area is 141 Å². The molecule has 0 N–H and O–H groups in total. The zero-order chi connectivity index (χ0) is 17.3. The number of benzene rings is 2. The monoisotopic (exact) mass is 315 g/mol. The molecule has 3 heteroatoms. The van der Waals surface area contributed by atoms with Crippen molar-refractivity contribution in [2.75, 3.05) is 0 Å². The normalized spacial score (nSPS) is 16.5. The van der Waals surface area contributed by atoms with Crippen molar-refractivity contribution in [2.24, 2.45) is 5.41 Å². The lowest BCUT2D eigenvalue weighted by molar-refractivity contribution is -0.127. The summed E-state index contributed by atoms with van der Waals surface area (Å²) >= 11 is 0. The first-order valence-corrected chi connectivity index (χ1v) is 7.82. The van der Waals surface area contributed by atoms with Gasteiger partial charge in [-0.15, -0.1) is 0 Å². The van der Waals surface area contributed by atoms with Gasteiger partial charge in [0, 0.05) is 17.4 Å². The lowest BCUT2D eigenvalue weighted by Gasteiger charge is -2.28. The van der Waals surface area contributed by atoms with Gasteiger partial charge in [0.15, 0.2) is 11.6 Å². The summed E-state index contributed by atoms with van der Waals surface area (Å²) in [6.45, 7) is 3.61. The van der Waals surface area contributed by atoms with Crippen LogP contribution in [0.2, 0.25) is 0 Å². The number of ketones is 2. The number of carbonyl (C=O) groups excluding carboxylic acids is 2. The van der Waals surface area contributed by atoms with Crippen LogP contribution < -0.4 is 0 Å². The minimum absolute atomic E-state index is 0.0222. The van der Waals surface area contributed by atoms with Crippen molar-refractivity contribution in [3.63, 3.8) is 0 Å². The van der Waals surface area contributed by atoms with Gasteiger partial charge in [0.2, 0.25) is 0 Å². The molecule has 0 aliphatic heterocycles. The standard InChI is InChI=1S/C21H17NO2/c1-21(2)12-16(23)11-19(20(21)24)18-9-4-3-8-17(18)15-7-5-6-14(10-15)13-22/h3-11H,12H2,1-2H3. The van der Waals surface area contributed by atoms with E-state index in [1.165, 1.54) is 6.08 Å². The Morgan fingerprint density at radius 1 is 1.00 bits per heavy atom. The Morgan fingerprint density at radius 3 is 2.42 bits per heavy atom. The van der Waals surface area contributed by atoms with Crippen LogP contribution in [0.25, 0.3) is 16.7 Å². The van der Waals surface area contributed by atoms with E-state index in [2.05, 4.69) is 6.07 Å². The summed E-state index contributed by atoms with van der Waals surface area (Å²) in [5, 5.41) is 9.11. The van der Waals surface area contributed by atoms with Gasteiger partial charge in [-0.1, -0.05) is 50.2 Å². The minimum atomic E-state index is -0.692. The quantitative estimate of drug-likeness (QED) is 0.835. The molecule has 0 radical (unpaired) electrons. The van der Waals surface area contributed by atoms with Crippen LogP contribution in [0.4, 0.5) is 0 Å². The summed E-state index contributed by atoms with van der Waals surface area (Å²) in [6, 6.07) is 16.9. The van der Waals surface area contributed by atoms with Gasteiger partial charge in [0.1, 0.15) is 0 Å². The summed E-state index contributed by atoms with van der Waals surface area (Å²) in [4.78, 5) is 24.9. The zero-order valence-electron chi connectivity index (χ0n) is 13.7. The summed E-state index contributed by atoms with van der Waals surface area (Å²) in [7, 11) is 0. The highest BCUT2D eigenvalue weighted by Gasteiger charge is 2.37. The van der Waals surface area contributed by atoms with Crippen LogP contribution in [0.3, 0.4) is 0 Å². The first-order valence-electron chi connectivity index (χ1n) is 7.82. The molecular weight excluding hydrogens is 298 g/mol. The Kier molecular flexibility index (Phi) is 3.91. The molecule has 0 atom stereocenters. The first-order chi connectivity index (χ1) is 11.4. The van der Waals surface area contributed by atoms with E-state index < -0.39 is 5.41 Å². The van der Waals surface area contributed by atoms with Gasteiger partial charge in [-0.25, -0.2) is 0 Å². The highest BCUT2D eigenvalue weighted by Crippen LogP contribution is 2.38. The minimum Gasteiger partial charge on any atom is -0.295 e. The van der Waals surface area contributed by atoms with Gasteiger partial charge in [-0.05, 0) is 34.9 Å². The van der Waals surface area contributed by atoms with Crippen LogP contribution in [0.1, 0.15) is 31.4 Å². The maximum absolute atomic E-state index is 12.8. The highest BCUT2D eigenvalue weighted by atomic mass is 16.1. The van der Waals surface area contributed by atoms with E-state index in [9.17, 15) is 9.59 Å². The molecule has 2 aromatic rings. The number of nitriles is 1. The van der Waals surface area contributed by atoms with Crippen molar-refractivity contribution in [1.29, 1.82) is 5.26 Å². The van der Waals surface area contributed by atoms with E-state index in [-0.39, 0.29) is 18.0 Å². The van der Waals surface area contributed by atoms with Crippen LogP contribution in [-0.4, -0.2) is 11.6 Å². The van der Waals surface area contributed by atoms with E-state index in [4.69, 9.17) is 5.26 Å². The number of carbonyl (C=O) groups is 2. The van der Waals surface area contributed by atoms with Crippen LogP contribution >= 0.6 is 0 Å². The maximum atomic E-state index is 12.8. The third-order valence-corrected chi connectivity index (χ3v) is 4.30. The molecule has 1 aliphatic rings. The lowest BCUT2D eigenvalue weighted by atomic mass is 9.73. The van der Waals surface area contributed by atoms with E-state index in [0.717, 1.165) is 16.7 Å². The SMILES string of the molecule is CC1(C)CC(=O)C=C(c2ccccc2-c2cccc(C#N)c2)C1=O. The summed E-state index contributed by atoms with van der Waals surface area (Å²) in [6.07, 6.45) is 1.70. The molecule has 0 unspecified atom stereocenters. The Bertz CT molecular complexity index is 913. The van der Waals surface area contributed by atoms with Crippen molar-refractivity contribution < 1.29 is 9.59 Å². The lowest BCUT2D eigenvalue weighted by Crippen LogP contribution is -2.32. The van der Waals surface area contributed by atoms with E-state index >= 15 is 0 Å². The molecule has 118 valence electrons. The van der Waals surface area contributed by atoms with Crippen LogP contribution in [0, 0.1) is 16.7 Å². The number of Topliss-reactive ketones (excluding diaryl/α,β-unsaturated/α-hetero) is 1. The van der Waals surface area contributed by atoms with E-state index in [0.29, 0.717) is 11.1 Å². The second-order valence-electron chi connectivity index (χ2n) is 6.65. The van der Waals surface area contributed by atoms with Gasteiger partial charge in [-0.3, -0.25) is 9.59 Å². The fourth-order valence-corrected chi connectivity index (χ4v) is 3.08. The second kappa shape index (κ2) is 5.90. The average molecular weight is 315 g/mol. The highest BCUT2D eigenvalue weighted by molar-refractivity contribution is 6.31.